The van der Waals surface area contributed by atoms with Gasteiger partial charge in [-0.05, 0) is 12.8 Å². The maximum Gasteiger partial charge on any atom is 0.191 e. The fraction of sp³-hybridized carbons (Fsp3) is 0.824. The minimum atomic E-state index is 0. The van der Waals surface area contributed by atoms with E-state index in [4.69, 9.17) is 4.74 Å². The van der Waals surface area contributed by atoms with Gasteiger partial charge in [-0.1, -0.05) is 6.42 Å². The second kappa shape index (κ2) is 11.7. The lowest BCUT2D eigenvalue weighted by molar-refractivity contribution is 0.0389. The minimum absolute atomic E-state index is 0. The zero-order valence-electron chi connectivity index (χ0n) is 15.7. The molecule has 1 aromatic heterocycles. The van der Waals surface area contributed by atoms with Crippen molar-refractivity contribution in [2.24, 2.45) is 4.99 Å². The molecule has 1 saturated heterocycles. The molecular formula is C17H32IN7O. The van der Waals surface area contributed by atoms with E-state index in [0.29, 0.717) is 0 Å². The Kier molecular flexibility index (Phi) is 9.62. The molecule has 2 N–H and O–H groups in total. The average molecular weight is 477 g/mol. The van der Waals surface area contributed by atoms with Crippen molar-refractivity contribution in [3.05, 3.63) is 11.6 Å². The zero-order chi connectivity index (χ0) is 17.3. The number of fused-ring (bicyclic) bond motifs is 1. The van der Waals surface area contributed by atoms with Crippen molar-refractivity contribution in [1.82, 2.24) is 30.3 Å². The first kappa shape index (κ1) is 21.4. The Hall–Kier alpha value is -0.940. The third-order valence-corrected chi connectivity index (χ3v) is 4.87. The van der Waals surface area contributed by atoms with E-state index in [2.05, 4.69) is 35.3 Å². The van der Waals surface area contributed by atoms with Crippen molar-refractivity contribution in [2.45, 2.75) is 38.6 Å². The first-order chi connectivity index (χ1) is 12.4. The predicted octanol–water partition coefficient (Wildman–Crippen LogP) is 0.662. The number of guanidine groups is 1. The van der Waals surface area contributed by atoms with Crippen LogP contribution in [0.2, 0.25) is 0 Å². The van der Waals surface area contributed by atoms with Crippen molar-refractivity contribution in [3.63, 3.8) is 0 Å². The molecule has 0 radical (unpaired) electrons. The van der Waals surface area contributed by atoms with Gasteiger partial charge in [0.15, 0.2) is 5.96 Å². The lowest BCUT2D eigenvalue weighted by Crippen LogP contribution is -2.44. The molecule has 0 amide bonds. The second-order valence-corrected chi connectivity index (χ2v) is 6.62. The molecule has 3 heterocycles. The molecule has 3 rings (SSSR count). The van der Waals surface area contributed by atoms with Gasteiger partial charge in [0.05, 0.1) is 13.2 Å². The van der Waals surface area contributed by atoms with Crippen LogP contribution in [-0.4, -0.2) is 78.6 Å². The summed E-state index contributed by atoms with van der Waals surface area (Å²) >= 11 is 0. The summed E-state index contributed by atoms with van der Waals surface area (Å²) in [5.74, 6) is 3.09. The molecule has 0 saturated carbocycles. The smallest absolute Gasteiger partial charge is 0.191 e. The summed E-state index contributed by atoms with van der Waals surface area (Å²) in [5.41, 5.74) is 0. The molecule has 0 bridgehead atoms. The number of hydrogen-bond donors (Lipinski definition) is 2. The van der Waals surface area contributed by atoms with E-state index in [9.17, 15) is 0 Å². The Balaban J connectivity index is 0.00000243. The lowest BCUT2D eigenvalue weighted by Gasteiger charge is -2.26. The highest BCUT2D eigenvalue weighted by molar-refractivity contribution is 14.0. The molecule has 0 aromatic carbocycles. The third-order valence-electron chi connectivity index (χ3n) is 4.87. The number of ether oxygens (including phenoxy) is 1. The van der Waals surface area contributed by atoms with Crippen LogP contribution in [-0.2, 0) is 24.1 Å². The van der Waals surface area contributed by atoms with E-state index >= 15 is 0 Å². The van der Waals surface area contributed by atoms with Crippen LogP contribution in [0.1, 0.15) is 30.9 Å². The van der Waals surface area contributed by atoms with E-state index in [-0.39, 0.29) is 24.0 Å². The Morgan fingerprint density at radius 3 is 2.69 bits per heavy atom. The summed E-state index contributed by atoms with van der Waals surface area (Å²) in [4.78, 5) is 6.71. The standard InChI is InChI=1S/C17H31N7O.HI/c1-18-17(20-8-10-23-11-13-25-14-12-23)19-7-6-16-22-21-15-5-3-2-4-9-24(15)16;/h2-14H2,1H3,(H2,18,19,20);1H. The van der Waals surface area contributed by atoms with Gasteiger partial charge in [-0.2, -0.15) is 0 Å². The molecule has 2 aliphatic heterocycles. The van der Waals surface area contributed by atoms with Crippen LogP contribution in [0.3, 0.4) is 0 Å². The normalized spacial score (nSPS) is 18.6. The molecule has 148 valence electrons. The van der Waals surface area contributed by atoms with Gasteiger partial charge in [0.1, 0.15) is 11.6 Å². The van der Waals surface area contributed by atoms with Crippen LogP contribution < -0.4 is 10.6 Å². The quantitative estimate of drug-likeness (QED) is 0.356. The lowest BCUT2D eigenvalue weighted by atomic mass is 10.2. The van der Waals surface area contributed by atoms with E-state index in [1.165, 1.54) is 19.3 Å². The first-order valence-corrected chi connectivity index (χ1v) is 9.52. The van der Waals surface area contributed by atoms with E-state index in [1.807, 2.05) is 7.05 Å². The van der Waals surface area contributed by atoms with Crippen LogP contribution in [0, 0.1) is 0 Å². The summed E-state index contributed by atoms with van der Waals surface area (Å²) < 4.78 is 7.68. The maximum atomic E-state index is 5.37. The van der Waals surface area contributed by atoms with Crippen molar-refractivity contribution < 1.29 is 4.74 Å². The molecule has 8 nitrogen and oxygen atoms in total. The maximum absolute atomic E-state index is 5.37. The van der Waals surface area contributed by atoms with Crippen molar-refractivity contribution in [2.75, 3.05) is 53.0 Å². The largest absolute Gasteiger partial charge is 0.379 e. The van der Waals surface area contributed by atoms with E-state index in [0.717, 1.165) is 82.9 Å². The van der Waals surface area contributed by atoms with Gasteiger partial charge in [-0.3, -0.25) is 9.89 Å². The number of halogens is 1. The number of nitrogens with one attached hydrogen (secondary N) is 2. The number of aryl methyl sites for hydroxylation is 1. The van der Waals surface area contributed by atoms with E-state index in [1.54, 1.807) is 0 Å². The Morgan fingerprint density at radius 2 is 1.88 bits per heavy atom. The molecule has 0 atom stereocenters. The molecule has 9 heteroatoms. The summed E-state index contributed by atoms with van der Waals surface area (Å²) in [7, 11) is 1.81. The third kappa shape index (κ3) is 6.34. The highest BCUT2D eigenvalue weighted by Gasteiger charge is 2.14. The van der Waals surface area contributed by atoms with Gasteiger partial charge in [-0.25, -0.2) is 0 Å². The van der Waals surface area contributed by atoms with Crippen molar-refractivity contribution in [3.8, 4) is 0 Å². The van der Waals surface area contributed by atoms with Gasteiger partial charge < -0.3 is 19.9 Å². The fourth-order valence-corrected chi connectivity index (χ4v) is 3.40. The summed E-state index contributed by atoms with van der Waals surface area (Å²) in [6, 6.07) is 0. The number of aliphatic imine (C=N–C) groups is 1. The molecular weight excluding hydrogens is 445 g/mol. The SMILES string of the molecule is CN=C(NCCc1nnc2n1CCCCC2)NCCN1CCOCC1.I. The Labute approximate surface area is 173 Å². The number of rotatable bonds is 6. The summed E-state index contributed by atoms with van der Waals surface area (Å²) in [6.07, 6.45) is 5.69. The first-order valence-electron chi connectivity index (χ1n) is 9.52. The van der Waals surface area contributed by atoms with E-state index < -0.39 is 0 Å². The fourth-order valence-electron chi connectivity index (χ4n) is 3.40. The number of nitrogens with zero attached hydrogens (tertiary/aromatic N) is 5. The Morgan fingerprint density at radius 1 is 1.08 bits per heavy atom. The molecule has 2 aliphatic rings. The van der Waals surface area contributed by atoms with Gasteiger partial charge in [0.2, 0.25) is 0 Å². The summed E-state index contributed by atoms with van der Waals surface area (Å²) in [6.45, 7) is 7.50. The van der Waals surface area contributed by atoms with Gasteiger partial charge in [0, 0.05) is 59.2 Å². The number of morpholine rings is 1. The van der Waals surface area contributed by atoms with Gasteiger partial charge >= 0.3 is 0 Å². The topological polar surface area (TPSA) is 79.6 Å². The molecule has 1 aromatic rings. The second-order valence-electron chi connectivity index (χ2n) is 6.62. The highest BCUT2D eigenvalue weighted by atomic mass is 127. The number of aromatic nitrogens is 3. The Bertz CT molecular complexity index is 557. The zero-order valence-corrected chi connectivity index (χ0v) is 18.1. The van der Waals surface area contributed by atoms with Crippen LogP contribution >= 0.6 is 24.0 Å². The van der Waals surface area contributed by atoms with Crippen LogP contribution in [0.5, 0.6) is 0 Å². The molecule has 1 fully saturated rings. The van der Waals surface area contributed by atoms with Gasteiger partial charge in [-0.15, -0.1) is 34.2 Å². The average Bonchev–Trinajstić information content (AvgIpc) is 2.88. The summed E-state index contributed by atoms with van der Waals surface area (Å²) in [5, 5.41) is 15.5. The number of hydrogen-bond acceptors (Lipinski definition) is 5. The van der Waals surface area contributed by atoms with Crippen molar-refractivity contribution in [1.29, 1.82) is 0 Å². The molecule has 0 aliphatic carbocycles. The molecule has 0 spiro atoms. The van der Waals surface area contributed by atoms with Crippen LogP contribution in [0.4, 0.5) is 0 Å². The monoisotopic (exact) mass is 477 g/mol. The highest BCUT2D eigenvalue weighted by Crippen LogP contribution is 2.14. The van der Waals surface area contributed by atoms with Crippen LogP contribution in [0.25, 0.3) is 0 Å². The van der Waals surface area contributed by atoms with Gasteiger partial charge in [0.25, 0.3) is 0 Å². The molecule has 0 unspecified atom stereocenters. The predicted molar refractivity (Wildman–Crippen MR) is 113 cm³/mol. The molecule has 26 heavy (non-hydrogen) atoms. The van der Waals surface area contributed by atoms with Crippen molar-refractivity contribution >= 4 is 29.9 Å². The minimum Gasteiger partial charge on any atom is -0.379 e. The van der Waals surface area contributed by atoms with Crippen LogP contribution in [0.15, 0.2) is 4.99 Å².